The molecule has 1 saturated heterocycles. The van der Waals surface area contributed by atoms with Crippen molar-refractivity contribution in [3.8, 4) is 11.5 Å². The number of ether oxygens (including phenoxy) is 2. The Balaban J connectivity index is 0.00000243. The molecule has 0 radical (unpaired) electrons. The highest BCUT2D eigenvalue weighted by Crippen LogP contribution is 2.32. The van der Waals surface area contributed by atoms with Gasteiger partial charge in [0, 0.05) is 20.1 Å². The van der Waals surface area contributed by atoms with E-state index in [0.29, 0.717) is 6.79 Å². The molecule has 0 bridgehead atoms. The highest BCUT2D eigenvalue weighted by atomic mass is 127. The largest absolute Gasteiger partial charge is 0.454 e. The molecule has 1 aromatic rings. The van der Waals surface area contributed by atoms with Crippen LogP contribution in [-0.2, 0) is 6.42 Å². The monoisotopic (exact) mass is 474 g/mol. The zero-order valence-corrected chi connectivity index (χ0v) is 18.1. The van der Waals surface area contributed by atoms with Crippen LogP contribution in [0.3, 0.4) is 0 Å². The highest BCUT2D eigenvalue weighted by Gasteiger charge is 2.16. The average molecular weight is 474 g/mol. The molecule has 6 nitrogen and oxygen atoms in total. The van der Waals surface area contributed by atoms with Gasteiger partial charge in [-0.15, -0.1) is 24.0 Å². The van der Waals surface area contributed by atoms with Crippen molar-refractivity contribution in [3.63, 3.8) is 0 Å². The fourth-order valence-electron chi connectivity index (χ4n) is 3.39. The molecule has 0 amide bonds. The smallest absolute Gasteiger partial charge is 0.231 e. The summed E-state index contributed by atoms with van der Waals surface area (Å²) in [6.07, 6.45) is 4.77. The van der Waals surface area contributed by atoms with Gasteiger partial charge in [-0.05, 0) is 69.4 Å². The molecule has 0 atom stereocenters. The maximum absolute atomic E-state index is 5.42. The molecule has 0 unspecified atom stereocenters. The van der Waals surface area contributed by atoms with E-state index in [9.17, 15) is 0 Å². The van der Waals surface area contributed by atoms with Crippen LogP contribution in [0.25, 0.3) is 0 Å². The van der Waals surface area contributed by atoms with E-state index in [1.54, 1.807) is 0 Å². The number of benzene rings is 1. The number of aliphatic imine (C=N–C) groups is 1. The Kier molecular flexibility index (Phi) is 8.77. The Bertz CT molecular complexity index is 589. The van der Waals surface area contributed by atoms with Crippen LogP contribution in [0.5, 0.6) is 11.5 Å². The lowest BCUT2D eigenvalue weighted by molar-refractivity contribution is 0.174. The summed E-state index contributed by atoms with van der Waals surface area (Å²) in [5, 5.41) is 6.83. The van der Waals surface area contributed by atoms with Crippen LogP contribution in [0.15, 0.2) is 23.2 Å². The van der Waals surface area contributed by atoms with Crippen LogP contribution >= 0.6 is 24.0 Å². The molecular weight excluding hydrogens is 443 g/mol. The zero-order valence-electron chi connectivity index (χ0n) is 15.8. The standard InChI is InChI=1S/C19H30N4O2.HI/c1-20-19(21-9-5-15-7-11-23(2)12-8-15)22-10-6-16-3-4-17-18(13-16)25-14-24-17;/h3-4,13,15H,5-12,14H2,1-2H3,(H2,20,21,22);1H. The number of rotatable bonds is 6. The zero-order chi connectivity index (χ0) is 17.5. The van der Waals surface area contributed by atoms with Crippen LogP contribution < -0.4 is 20.1 Å². The van der Waals surface area contributed by atoms with Crippen molar-refractivity contribution in [3.05, 3.63) is 23.8 Å². The van der Waals surface area contributed by atoms with Gasteiger partial charge < -0.3 is 25.0 Å². The highest BCUT2D eigenvalue weighted by molar-refractivity contribution is 14.0. The van der Waals surface area contributed by atoms with E-state index >= 15 is 0 Å². The Morgan fingerprint density at radius 1 is 1.15 bits per heavy atom. The summed E-state index contributed by atoms with van der Waals surface area (Å²) in [5.41, 5.74) is 1.23. The molecule has 2 N–H and O–H groups in total. The van der Waals surface area contributed by atoms with E-state index in [0.717, 1.165) is 42.9 Å². The number of hydrogen-bond donors (Lipinski definition) is 2. The molecule has 0 saturated carbocycles. The first kappa shape index (κ1) is 21.1. The van der Waals surface area contributed by atoms with E-state index in [4.69, 9.17) is 9.47 Å². The molecule has 2 aliphatic heterocycles. The van der Waals surface area contributed by atoms with E-state index in [2.05, 4.69) is 39.7 Å². The summed E-state index contributed by atoms with van der Waals surface area (Å²) in [6, 6.07) is 6.12. The van der Waals surface area contributed by atoms with Gasteiger partial charge in [0.15, 0.2) is 17.5 Å². The molecule has 7 heteroatoms. The predicted octanol–water partition coefficient (Wildman–Crippen LogP) is 2.47. The quantitative estimate of drug-likeness (QED) is 0.377. The van der Waals surface area contributed by atoms with Gasteiger partial charge in [0.25, 0.3) is 0 Å². The second-order valence-corrected chi connectivity index (χ2v) is 6.90. The third-order valence-electron chi connectivity index (χ3n) is 5.05. The van der Waals surface area contributed by atoms with Gasteiger partial charge in [0.2, 0.25) is 6.79 Å². The molecule has 2 heterocycles. The van der Waals surface area contributed by atoms with Crippen LogP contribution in [0.2, 0.25) is 0 Å². The van der Waals surface area contributed by atoms with E-state index < -0.39 is 0 Å². The van der Waals surface area contributed by atoms with Gasteiger partial charge in [-0.1, -0.05) is 6.07 Å². The Morgan fingerprint density at radius 3 is 2.65 bits per heavy atom. The fourth-order valence-corrected chi connectivity index (χ4v) is 3.39. The maximum atomic E-state index is 5.42. The molecule has 1 fully saturated rings. The summed E-state index contributed by atoms with van der Waals surface area (Å²) in [6.45, 7) is 4.61. The summed E-state index contributed by atoms with van der Waals surface area (Å²) in [7, 11) is 4.03. The molecule has 0 spiro atoms. The number of nitrogens with one attached hydrogen (secondary N) is 2. The molecule has 146 valence electrons. The van der Waals surface area contributed by atoms with Crippen LogP contribution in [0.1, 0.15) is 24.8 Å². The fraction of sp³-hybridized carbons (Fsp3) is 0.632. The van der Waals surface area contributed by atoms with E-state index in [-0.39, 0.29) is 24.0 Å². The van der Waals surface area contributed by atoms with Crippen LogP contribution in [0, 0.1) is 5.92 Å². The summed E-state index contributed by atoms with van der Waals surface area (Å²) in [4.78, 5) is 6.73. The van der Waals surface area contributed by atoms with Gasteiger partial charge in [-0.25, -0.2) is 0 Å². The first-order chi connectivity index (χ1) is 12.2. The normalized spacial score (nSPS) is 17.7. The number of fused-ring (bicyclic) bond motifs is 1. The van der Waals surface area contributed by atoms with Crippen molar-refractivity contribution < 1.29 is 9.47 Å². The second kappa shape index (κ2) is 10.8. The molecule has 2 aliphatic rings. The second-order valence-electron chi connectivity index (χ2n) is 6.90. The SMILES string of the molecule is CN=C(NCCc1ccc2c(c1)OCO2)NCCC1CCN(C)CC1.I. The molecular formula is C19H31IN4O2. The lowest BCUT2D eigenvalue weighted by Crippen LogP contribution is -2.39. The lowest BCUT2D eigenvalue weighted by Gasteiger charge is -2.29. The minimum atomic E-state index is 0. The van der Waals surface area contributed by atoms with Crippen LogP contribution in [0.4, 0.5) is 0 Å². The summed E-state index contributed by atoms with van der Waals surface area (Å²) < 4.78 is 10.8. The van der Waals surface area contributed by atoms with Crippen molar-refractivity contribution in [1.82, 2.24) is 15.5 Å². The topological polar surface area (TPSA) is 58.1 Å². The molecule has 26 heavy (non-hydrogen) atoms. The third kappa shape index (κ3) is 6.19. The van der Waals surface area contributed by atoms with Crippen molar-refractivity contribution in [1.29, 1.82) is 0 Å². The Labute approximate surface area is 173 Å². The van der Waals surface area contributed by atoms with Crippen molar-refractivity contribution in [2.75, 3.05) is 47.1 Å². The minimum Gasteiger partial charge on any atom is -0.454 e. The third-order valence-corrected chi connectivity index (χ3v) is 5.05. The number of halogens is 1. The summed E-state index contributed by atoms with van der Waals surface area (Å²) in [5.74, 6) is 3.41. The Morgan fingerprint density at radius 2 is 1.88 bits per heavy atom. The van der Waals surface area contributed by atoms with Crippen molar-refractivity contribution >= 4 is 29.9 Å². The van der Waals surface area contributed by atoms with E-state index in [1.807, 2.05) is 13.1 Å². The van der Waals surface area contributed by atoms with Gasteiger partial charge in [0.05, 0.1) is 0 Å². The van der Waals surface area contributed by atoms with Gasteiger partial charge in [0.1, 0.15) is 0 Å². The van der Waals surface area contributed by atoms with Crippen molar-refractivity contribution in [2.45, 2.75) is 25.7 Å². The van der Waals surface area contributed by atoms with Crippen LogP contribution in [-0.4, -0.2) is 57.9 Å². The number of nitrogens with zero attached hydrogens (tertiary/aromatic N) is 2. The summed E-state index contributed by atoms with van der Waals surface area (Å²) >= 11 is 0. The number of likely N-dealkylation sites (tertiary alicyclic amines) is 1. The number of guanidine groups is 1. The predicted molar refractivity (Wildman–Crippen MR) is 116 cm³/mol. The molecule has 0 aromatic heterocycles. The maximum Gasteiger partial charge on any atom is 0.231 e. The number of piperidine rings is 1. The average Bonchev–Trinajstić information content (AvgIpc) is 3.10. The van der Waals surface area contributed by atoms with Crippen molar-refractivity contribution in [2.24, 2.45) is 10.9 Å². The lowest BCUT2D eigenvalue weighted by atomic mass is 9.94. The van der Waals surface area contributed by atoms with E-state index in [1.165, 1.54) is 37.9 Å². The molecule has 0 aliphatic carbocycles. The van der Waals surface area contributed by atoms with Gasteiger partial charge >= 0.3 is 0 Å². The molecule has 3 rings (SSSR count). The first-order valence-electron chi connectivity index (χ1n) is 9.26. The van der Waals surface area contributed by atoms with Gasteiger partial charge in [-0.3, -0.25) is 4.99 Å². The van der Waals surface area contributed by atoms with Gasteiger partial charge in [-0.2, -0.15) is 0 Å². The number of hydrogen-bond acceptors (Lipinski definition) is 4. The Hall–Kier alpha value is -1.22. The molecule has 1 aromatic carbocycles. The minimum absolute atomic E-state index is 0. The first-order valence-corrected chi connectivity index (χ1v) is 9.26.